The standard InChI is InChI=1S/C26H26O2.C7H6O2/c1-2-3-11-21-22-12-4-6-14-24(22)26(25-15-7-5-13-23(21)25)18-28-20-10-8-9-19(16-20)17-27;8-7(9)6-4-2-1-3-5-6/h4-10,12-16,27H,2-3,11,17-18H2,1H3;1-5H,(H,8,9). The molecule has 5 rings (SSSR count). The zero-order valence-electron chi connectivity index (χ0n) is 21.1. The van der Waals surface area contributed by atoms with Gasteiger partial charge in [-0.25, -0.2) is 4.79 Å². The number of ether oxygens (including phenoxy) is 1. The zero-order valence-corrected chi connectivity index (χ0v) is 21.1. The Hall–Kier alpha value is -4.15. The summed E-state index contributed by atoms with van der Waals surface area (Å²) in [6, 6.07) is 33.3. The van der Waals surface area contributed by atoms with Crippen LogP contribution in [0.5, 0.6) is 5.75 Å². The number of hydrogen-bond acceptors (Lipinski definition) is 3. The second-order valence-corrected chi connectivity index (χ2v) is 8.92. The van der Waals surface area contributed by atoms with Crippen LogP contribution in [0, 0.1) is 0 Å². The smallest absolute Gasteiger partial charge is 0.335 e. The molecule has 0 radical (unpaired) electrons. The topological polar surface area (TPSA) is 66.8 Å². The van der Waals surface area contributed by atoms with Gasteiger partial charge in [-0.05, 0) is 69.8 Å². The fraction of sp³-hybridized carbons (Fsp3) is 0.182. The number of hydrogen-bond donors (Lipinski definition) is 2. The summed E-state index contributed by atoms with van der Waals surface area (Å²) in [5.74, 6) is -0.0922. The molecule has 0 saturated heterocycles. The summed E-state index contributed by atoms with van der Waals surface area (Å²) in [5, 5.41) is 23.0. The summed E-state index contributed by atoms with van der Waals surface area (Å²) < 4.78 is 6.16. The van der Waals surface area contributed by atoms with Gasteiger partial charge in [-0.3, -0.25) is 0 Å². The number of aliphatic hydroxyl groups is 1. The van der Waals surface area contributed by atoms with E-state index in [1.54, 1.807) is 30.3 Å². The number of carbonyl (C=O) groups is 1. The quantitative estimate of drug-likeness (QED) is 0.217. The van der Waals surface area contributed by atoms with Gasteiger partial charge in [0.15, 0.2) is 0 Å². The Morgan fingerprint density at radius 1 is 0.730 bits per heavy atom. The van der Waals surface area contributed by atoms with Crippen LogP contribution in [-0.2, 0) is 19.6 Å². The lowest BCUT2D eigenvalue weighted by molar-refractivity contribution is 0.0697. The van der Waals surface area contributed by atoms with E-state index in [9.17, 15) is 9.90 Å². The molecule has 0 spiro atoms. The summed E-state index contributed by atoms with van der Waals surface area (Å²) in [4.78, 5) is 10.2. The molecule has 4 nitrogen and oxygen atoms in total. The fourth-order valence-corrected chi connectivity index (χ4v) is 4.56. The molecule has 0 fully saturated rings. The van der Waals surface area contributed by atoms with Gasteiger partial charge in [-0.1, -0.05) is 92.2 Å². The van der Waals surface area contributed by atoms with Gasteiger partial charge in [0.2, 0.25) is 0 Å². The van der Waals surface area contributed by atoms with E-state index in [0.717, 1.165) is 17.7 Å². The van der Waals surface area contributed by atoms with Crippen molar-refractivity contribution >= 4 is 27.5 Å². The van der Waals surface area contributed by atoms with E-state index in [1.807, 2.05) is 24.3 Å². The molecule has 5 aromatic carbocycles. The minimum atomic E-state index is -0.879. The molecule has 0 aliphatic heterocycles. The number of carboxylic acid groups (broad SMARTS) is 1. The molecule has 0 unspecified atom stereocenters. The number of fused-ring (bicyclic) bond motifs is 2. The number of aliphatic hydroxyl groups excluding tert-OH is 1. The lowest BCUT2D eigenvalue weighted by Gasteiger charge is -2.17. The van der Waals surface area contributed by atoms with Crippen LogP contribution in [0.1, 0.15) is 46.8 Å². The van der Waals surface area contributed by atoms with Gasteiger partial charge in [-0.2, -0.15) is 0 Å². The fourth-order valence-electron chi connectivity index (χ4n) is 4.56. The van der Waals surface area contributed by atoms with Crippen LogP contribution in [0.15, 0.2) is 103 Å². The summed E-state index contributed by atoms with van der Waals surface area (Å²) >= 11 is 0. The highest BCUT2D eigenvalue weighted by Crippen LogP contribution is 2.34. The van der Waals surface area contributed by atoms with Crippen LogP contribution in [0.25, 0.3) is 21.5 Å². The molecule has 4 heteroatoms. The van der Waals surface area contributed by atoms with Crippen molar-refractivity contribution in [3.63, 3.8) is 0 Å². The van der Waals surface area contributed by atoms with Gasteiger partial charge in [0.1, 0.15) is 12.4 Å². The third kappa shape index (κ3) is 6.35. The second-order valence-electron chi connectivity index (χ2n) is 8.92. The van der Waals surface area contributed by atoms with E-state index in [0.29, 0.717) is 12.2 Å². The monoisotopic (exact) mass is 492 g/mol. The van der Waals surface area contributed by atoms with Gasteiger partial charge in [0.05, 0.1) is 12.2 Å². The Labute approximate surface area is 217 Å². The second kappa shape index (κ2) is 12.7. The lowest BCUT2D eigenvalue weighted by atomic mass is 9.90. The first-order valence-electron chi connectivity index (χ1n) is 12.6. The SMILES string of the molecule is CCCCc1c2ccccc2c(COc2cccc(CO)c2)c2ccccc12.O=C(O)c1ccccc1. The van der Waals surface area contributed by atoms with E-state index in [4.69, 9.17) is 9.84 Å². The van der Waals surface area contributed by atoms with E-state index in [1.165, 1.54) is 45.5 Å². The highest BCUT2D eigenvalue weighted by molar-refractivity contribution is 6.05. The predicted octanol–water partition coefficient (Wildman–Crippen LogP) is 7.79. The van der Waals surface area contributed by atoms with Gasteiger partial charge >= 0.3 is 5.97 Å². The number of carboxylic acids is 1. The molecule has 0 amide bonds. The summed E-state index contributed by atoms with van der Waals surface area (Å²) in [6.07, 6.45) is 3.48. The van der Waals surface area contributed by atoms with Crippen molar-refractivity contribution in [1.82, 2.24) is 0 Å². The van der Waals surface area contributed by atoms with Crippen molar-refractivity contribution in [2.75, 3.05) is 0 Å². The molecule has 37 heavy (non-hydrogen) atoms. The first-order valence-corrected chi connectivity index (χ1v) is 12.6. The Morgan fingerprint density at radius 3 is 1.81 bits per heavy atom. The molecule has 0 atom stereocenters. The Kier molecular flexibility index (Phi) is 8.90. The van der Waals surface area contributed by atoms with Crippen molar-refractivity contribution in [3.05, 3.63) is 125 Å². The first-order chi connectivity index (χ1) is 18.1. The number of unbranched alkanes of at least 4 members (excludes halogenated alkanes) is 1. The average molecular weight is 493 g/mol. The van der Waals surface area contributed by atoms with Gasteiger partial charge < -0.3 is 14.9 Å². The third-order valence-electron chi connectivity index (χ3n) is 6.42. The Balaban J connectivity index is 0.000000301. The maximum absolute atomic E-state index is 10.2. The largest absolute Gasteiger partial charge is 0.489 e. The maximum atomic E-state index is 10.2. The molecule has 188 valence electrons. The van der Waals surface area contributed by atoms with Crippen LogP contribution < -0.4 is 4.74 Å². The summed E-state index contributed by atoms with van der Waals surface area (Å²) in [7, 11) is 0. The van der Waals surface area contributed by atoms with Crippen LogP contribution in [0.3, 0.4) is 0 Å². The predicted molar refractivity (Wildman–Crippen MR) is 150 cm³/mol. The molecule has 0 aliphatic carbocycles. The molecular weight excluding hydrogens is 460 g/mol. The van der Waals surface area contributed by atoms with E-state index >= 15 is 0 Å². The molecule has 0 heterocycles. The van der Waals surface area contributed by atoms with Crippen molar-refractivity contribution in [1.29, 1.82) is 0 Å². The van der Waals surface area contributed by atoms with E-state index in [2.05, 4.69) is 55.5 Å². The molecule has 2 N–H and O–H groups in total. The van der Waals surface area contributed by atoms with Gasteiger partial charge in [-0.15, -0.1) is 0 Å². The molecule has 0 aromatic heterocycles. The highest BCUT2D eigenvalue weighted by Gasteiger charge is 2.14. The molecule has 0 bridgehead atoms. The van der Waals surface area contributed by atoms with Gasteiger partial charge in [0, 0.05) is 5.56 Å². The van der Waals surface area contributed by atoms with Crippen LogP contribution in [0.2, 0.25) is 0 Å². The number of aryl methyl sites for hydroxylation is 1. The van der Waals surface area contributed by atoms with E-state index < -0.39 is 5.97 Å². The van der Waals surface area contributed by atoms with Crippen LogP contribution >= 0.6 is 0 Å². The summed E-state index contributed by atoms with van der Waals surface area (Å²) in [6.45, 7) is 2.77. The van der Waals surface area contributed by atoms with E-state index in [-0.39, 0.29) is 6.61 Å². The number of rotatable bonds is 8. The van der Waals surface area contributed by atoms with Crippen molar-refractivity contribution in [2.45, 2.75) is 39.4 Å². The van der Waals surface area contributed by atoms with Crippen LogP contribution in [0.4, 0.5) is 0 Å². The van der Waals surface area contributed by atoms with Crippen molar-refractivity contribution < 1.29 is 19.7 Å². The minimum Gasteiger partial charge on any atom is -0.489 e. The molecule has 0 aliphatic rings. The van der Waals surface area contributed by atoms with Crippen molar-refractivity contribution in [2.24, 2.45) is 0 Å². The highest BCUT2D eigenvalue weighted by atomic mass is 16.5. The lowest BCUT2D eigenvalue weighted by Crippen LogP contribution is -2.01. The first kappa shape index (κ1) is 25.9. The van der Waals surface area contributed by atoms with Crippen molar-refractivity contribution in [3.8, 4) is 5.75 Å². The molecule has 0 saturated carbocycles. The van der Waals surface area contributed by atoms with Gasteiger partial charge in [0.25, 0.3) is 0 Å². The zero-order chi connectivity index (χ0) is 26.0. The maximum Gasteiger partial charge on any atom is 0.335 e. The number of aromatic carboxylic acids is 1. The molecule has 5 aromatic rings. The third-order valence-corrected chi connectivity index (χ3v) is 6.42. The minimum absolute atomic E-state index is 0.0230. The Bertz CT molecular complexity index is 1420. The number of benzene rings is 5. The molecular formula is C33H32O4. The normalized spacial score (nSPS) is 10.6. The average Bonchev–Trinajstić information content (AvgIpc) is 2.95. The summed E-state index contributed by atoms with van der Waals surface area (Å²) in [5.41, 5.74) is 3.86. The van der Waals surface area contributed by atoms with Crippen LogP contribution in [-0.4, -0.2) is 16.2 Å². The Morgan fingerprint density at radius 2 is 1.30 bits per heavy atom.